The van der Waals surface area contributed by atoms with E-state index < -0.39 is 11.7 Å². The molecule has 3 aromatic carbocycles. The Labute approximate surface area is 171 Å². The van der Waals surface area contributed by atoms with Gasteiger partial charge < -0.3 is 0 Å². The van der Waals surface area contributed by atoms with Gasteiger partial charge in [-0.3, -0.25) is 9.59 Å². The van der Waals surface area contributed by atoms with Gasteiger partial charge in [0.15, 0.2) is 5.69 Å². The highest BCUT2D eigenvalue weighted by Gasteiger charge is 2.16. The average molecular weight is 400 g/mol. The molecule has 148 valence electrons. The molecule has 1 amide bonds. The third kappa shape index (κ3) is 4.00. The molecule has 0 aliphatic rings. The Morgan fingerprint density at radius 2 is 1.63 bits per heavy atom. The van der Waals surface area contributed by atoms with Gasteiger partial charge in [-0.2, -0.15) is 10.2 Å². The number of nitrogens with zero attached hydrogens (tertiary/aromatic N) is 3. The lowest BCUT2D eigenvalue weighted by Gasteiger charge is -2.10. The summed E-state index contributed by atoms with van der Waals surface area (Å²) in [6.45, 7) is 0.225. The first kappa shape index (κ1) is 19.2. The van der Waals surface area contributed by atoms with Crippen LogP contribution in [0, 0.1) is 5.82 Å². The first-order valence-corrected chi connectivity index (χ1v) is 9.25. The van der Waals surface area contributed by atoms with E-state index >= 15 is 0 Å². The van der Waals surface area contributed by atoms with Crippen molar-refractivity contribution in [2.24, 2.45) is 5.10 Å². The Morgan fingerprint density at radius 3 is 2.40 bits per heavy atom. The summed E-state index contributed by atoms with van der Waals surface area (Å²) in [5, 5.41) is 8.92. The molecule has 1 heterocycles. The number of carbonyl (C=O) groups is 1. The SMILES string of the molecule is O=C(N/N=C\c1ccccc1F)c1nn(Cc2ccccc2)c(=O)c2ccccc12. The second kappa shape index (κ2) is 8.48. The predicted octanol–water partition coefficient (Wildman–Crippen LogP) is 3.35. The number of aromatic nitrogens is 2. The van der Waals surface area contributed by atoms with Gasteiger partial charge in [-0.1, -0.05) is 66.7 Å². The predicted molar refractivity (Wildman–Crippen MR) is 113 cm³/mol. The molecule has 4 aromatic rings. The molecule has 0 radical (unpaired) electrons. The molecule has 0 saturated heterocycles. The van der Waals surface area contributed by atoms with Crippen molar-refractivity contribution >= 4 is 22.9 Å². The smallest absolute Gasteiger partial charge is 0.267 e. The van der Waals surface area contributed by atoms with E-state index in [1.165, 1.54) is 17.0 Å². The van der Waals surface area contributed by atoms with E-state index in [0.29, 0.717) is 10.8 Å². The summed E-state index contributed by atoms with van der Waals surface area (Å²) >= 11 is 0. The first-order valence-electron chi connectivity index (χ1n) is 9.25. The van der Waals surface area contributed by atoms with Crippen LogP contribution in [0.1, 0.15) is 21.6 Å². The van der Waals surface area contributed by atoms with E-state index in [0.717, 1.165) is 5.56 Å². The van der Waals surface area contributed by atoms with E-state index in [4.69, 9.17) is 0 Å². The number of amides is 1. The molecule has 0 spiro atoms. The number of hydrogen-bond acceptors (Lipinski definition) is 4. The Balaban J connectivity index is 1.68. The Bertz CT molecular complexity index is 1300. The van der Waals surface area contributed by atoms with Crippen molar-refractivity contribution in [2.75, 3.05) is 0 Å². The second-order valence-corrected chi connectivity index (χ2v) is 6.56. The highest BCUT2D eigenvalue weighted by molar-refractivity contribution is 6.04. The van der Waals surface area contributed by atoms with Crippen LogP contribution in [-0.4, -0.2) is 21.9 Å². The van der Waals surface area contributed by atoms with Gasteiger partial charge in [-0.15, -0.1) is 0 Å². The van der Waals surface area contributed by atoms with Gasteiger partial charge >= 0.3 is 0 Å². The number of nitrogens with one attached hydrogen (secondary N) is 1. The average Bonchev–Trinajstić information content (AvgIpc) is 2.77. The van der Waals surface area contributed by atoms with Gasteiger partial charge in [0.1, 0.15) is 5.82 Å². The first-order chi connectivity index (χ1) is 14.6. The fourth-order valence-corrected chi connectivity index (χ4v) is 3.06. The standard InChI is InChI=1S/C23H17FN4O2/c24-20-13-7-4-10-17(20)14-25-26-22(29)21-18-11-5-6-12-19(18)23(30)28(27-21)15-16-8-2-1-3-9-16/h1-14H,15H2,(H,26,29)/b25-14-. The van der Waals surface area contributed by atoms with Gasteiger partial charge in [0.25, 0.3) is 11.5 Å². The minimum Gasteiger partial charge on any atom is -0.267 e. The molecule has 0 atom stereocenters. The third-order valence-electron chi connectivity index (χ3n) is 4.53. The van der Waals surface area contributed by atoms with Crippen molar-refractivity contribution in [3.8, 4) is 0 Å². The molecule has 0 aliphatic heterocycles. The minimum atomic E-state index is -0.597. The van der Waals surface area contributed by atoms with Crippen molar-refractivity contribution in [2.45, 2.75) is 6.54 Å². The summed E-state index contributed by atoms with van der Waals surface area (Å²) in [4.78, 5) is 25.6. The van der Waals surface area contributed by atoms with Crippen LogP contribution in [0.15, 0.2) is 88.8 Å². The normalized spacial score (nSPS) is 11.1. The van der Waals surface area contributed by atoms with Crippen LogP contribution in [0.5, 0.6) is 0 Å². The monoisotopic (exact) mass is 400 g/mol. The van der Waals surface area contributed by atoms with Gasteiger partial charge in [-0.25, -0.2) is 14.5 Å². The van der Waals surface area contributed by atoms with E-state index in [2.05, 4.69) is 15.6 Å². The molecule has 30 heavy (non-hydrogen) atoms. The van der Waals surface area contributed by atoms with Gasteiger partial charge in [-0.05, 0) is 17.7 Å². The summed E-state index contributed by atoms with van der Waals surface area (Å²) < 4.78 is 15.0. The van der Waals surface area contributed by atoms with Crippen LogP contribution in [-0.2, 0) is 6.54 Å². The number of benzene rings is 3. The highest BCUT2D eigenvalue weighted by Crippen LogP contribution is 2.14. The molecule has 0 fully saturated rings. The van der Waals surface area contributed by atoms with Crippen molar-refractivity contribution in [3.05, 3.63) is 112 Å². The van der Waals surface area contributed by atoms with E-state index in [1.54, 1.807) is 42.5 Å². The van der Waals surface area contributed by atoms with Crippen LogP contribution in [0.3, 0.4) is 0 Å². The van der Waals surface area contributed by atoms with Crippen molar-refractivity contribution in [1.29, 1.82) is 0 Å². The van der Waals surface area contributed by atoms with Crippen LogP contribution in [0.4, 0.5) is 4.39 Å². The minimum absolute atomic E-state index is 0.0619. The molecule has 0 saturated carbocycles. The lowest BCUT2D eigenvalue weighted by Crippen LogP contribution is -2.29. The molecule has 1 aromatic heterocycles. The number of halogens is 1. The molecule has 0 aliphatic carbocycles. The lowest BCUT2D eigenvalue weighted by molar-refractivity contribution is 0.0949. The summed E-state index contributed by atoms with van der Waals surface area (Å²) in [7, 11) is 0. The summed E-state index contributed by atoms with van der Waals surface area (Å²) in [6.07, 6.45) is 1.22. The zero-order chi connectivity index (χ0) is 20.9. The second-order valence-electron chi connectivity index (χ2n) is 6.56. The van der Waals surface area contributed by atoms with Crippen molar-refractivity contribution in [1.82, 2.24) is 15.2 Å². The maximum absolute atomic E-state index is 13.7. The highest BCUT2D eigenvalue weighted by atomic mass is 19.1. The Hall–Kier alpha value is -4.13. The molecular formula is C23H17FN4O2. The van der Waals surface area contributed by atoms with Crippen molar-refractivity contribution < 1.29 is 9.18 Å². The number of rotatable bonds is 5. The van der Waals surface area contributed by atoms with E-state index in [9.17, 15) is 14.0 Å². The maximum Gasteiger partial charge on any atom is 0.292 e. The quantitative estimate of drug-likeness (QED) is 0.412. The Kier molecular flexibility index (Phi) is 5.43. The molecule has 0 unspecified atom stereocenters. The van der Waals surface area contributed by atoms with E-state index in [1.807, 2.05) is 30.3 Å². The summed E-state index contributed by atoms with van der Waals surface area (Å²) in [5.41, 5.74) is 3.26. The molecular weight excluding hydrogens is 383 g/mol. The summed E-state index contributed by atoms with van der Waals surface area (Å²) in [5.74, 6) is -1.05. The summed E-state index contributed by atoms with van der Waals surface area (Å²) in [6, 6.07) is 22.2. The number of fused-ring (bicyclic) bond motifs is 1. The maximum atomic E-state index is 13.7. The Morgan fingerprint density at radius 1 is 0.967 bits per heavy atom. The zero-order valence-electron chi connectivity index (χ0n) is 15.8. The topological polar surface area (TPSA) is 76.3 Å². The fourth-order valence-electron chi connectivity index (χ4n) is 3.06. The molecule has 1 N–H and O–H groups in total. The van der Waals surface area contributed by atoms with E-state index in [-0.39, 0.29) is 23.4 Å². The third-order valence-corrected chi connectivity index (χ3v) is 4.53. The number of hydrogen-bond donors (Lipinski definition) is 1. The molecule has 7 heteroatoms. The molecule has 6 nitrogen and oxygen atoms in total. The van der Waals surface area contributed by atoms with Crippen LogP contribution in [0.25, 0.3) is 10.8 Å². The fraction of sp³-hybridized carbons (Fsp3) is 0.0435. The number of hydrazone groups is 1. The van der Waals surface area contributed by atoms with Crippen LogP contribution >= 0.6 is 0 Å². The largest absolute Gasteiger partial charge is 0.292 e. The van der Waals surface area contributed by atoms with Crippen molar-refractivity contribution in [3.63, 3.8) is 0 Å². The van der Waals surface area contributed by atoms with Gasteiger partial charge in [0.2, 0.25) is 0 Å². The zero-order valence-corrected chi connectivity index (χ0v) is 15.8. The molecule has 4 rings (SSSR count). The van der Waals surface area contributed by atoms with Gasteiger partial charge in [0, 0.05) is 10.9 Å². The van der Waals surface area contributed by atoms with Crippen LogP contribution < -0.4 is 11.0 Å². The molecule has 0 bridgehead atoms. The van der Waals surface area contributed by atoms with Gasteiger partial charge in [0.05, 0.1) is 18.1 Å². The number of carbonyl (C=O) groups excluding carboxylic acids is 1. The lowest BCUT2D eigenvalue weighted by atomic mass is 10.1. The van der Waals surface area contributed by atoms with Crippen LogP contribution in [0.2, 0.25) is 0 Å².